The molecular formula is C31H40FNO4. The number of hydrogen-bond acceptors (Lipinski definition) is 5. The zero-order valence-electron chi connectivity index (χ0n) is 23.3. The Hall–Kier alpha value is -2.60. The van der Waals surface area contributed by atoms with Crippen molar-refractivity contribution in [3.63, 3.8) is 0 Å². The molecule has 0 aromatic carbocycles. The minimum atomic E-state index is -1.91. The SMILES string of the molecule is CCc1c(/C(C)=C/C2=C(C(=O)C(C)CC)COC(=O)[C@]2(O)CC)nc2c3c1CCCC=3C(C)C(C)(F)C=2. The van der Waals surface area contributed by atoms with Gasteiger partial charge in [0.2, 0.25) is 0 Å². The van der Waals surface area contributed by atoms with Gasteiger partial charge in [-0.2, -0.15) is 0 Å². The number of aromatic nitrogens is 1. The average Bonchev–Trinajstić information content (AvgIpc) is 2.88. The number of carbonyl (C=O) groups excluding carboxylic acids is 2. The van der Waals surface area contributed by atoms with Crippen LogP contribution in [0.5, 0.6) is 0 Å². The van der Waals surface area contributed by atoms with Gasteiger partial charge < -0.3 is 9.84 Å². The number of ketones is 1. The summed E-state index contributed by atoms with van der Waals surface area (Å²) in [6.07, 6.45) is 7.63. The van der Waals surface area contributed by atoms with Crippen LogP contribution in [0.3, 0.4) is 0 Å². The smallest absolute Gasteiger partial charge is 0.343 e. The van der Waals surface area contributed by atoms with Crippen molar-refractivity contribution < 1.29 is 23.8 Å². The second-order valence-corrected chi connectivity index (χ2v) is 11.1. The molecule has 0 saturated carbocycles. The van der Waals surface area contributed by atoms with Crippen LogP contribution in [0.1, 0.15) is 91.0 Å². The standard InChI is InChI=1S/C31H40FNO4/c1-8-17(4)28(34)23-16-37-29(35)31(36,10-3)24(23)14-18(5)27-20(9-2)22-13-11-12-21-19(6)30(7,32)15-25(33-27)26(21)22/h14-15,17,19,36H,8-13,16H2,1-7H3/b18-14+/t17?,19?,30?,31-/m0/s1. The number of Topliss-reactive ketones (excluding diaryl/α,β-unsaturated/α-hetero) is 1. The third-order valence-electron chi connectivity index (χ3n) is 8.84. The van der Waals surface area contributed by atoms with Crippen LogP contribution in [0.4, 0.5) is 4.39 Å². The van der Waals surface area contributed by atoms with Gasteiger partial charge in [-0.15, -0.1) is 0 Å². The first-order chi connectivity index (χ1) is 17.4. The molecule has 0 saturated heterocycles. The molecule has 4 rings (SSSR count). The summed E-state index contributed by atoms with van der Waals surface area (Å²) in [5.41, 5.74) is 2.20. The molecule has 3 unspecified atom stereocenters. The van der Waals surface area contributed by atoms with E-state index in [4.69, 9.17) is 9.72 Å². The lowest BCUT2D eigenvalue weighted by atomic mass is 9.74. The van der Waals surface area contributed by atoms with Gasteiger partial charge in [0.1, 0.15) is 12.3 Å². The van der Waals surface area contributed by atoms with Crippen LogP contribution in [-0.2, 0) is 27.2 Å². The molecule has 1 aromatic rings. The molecule has 4 atom stereocenters. The molecule has 0 radical (unpaired) electrons. The van der Waals surface area contributed by atoms with E-state index in [0.717, 1.165) is 53.3 Å². The van der Waals surface area contributed by atoms with Crippen molar-refractivity contribution in [2.45, 2.75) is 98.3 Å². The molecule has 1 aliphatic heterocycles. The summed E-state index contributed by atoms with van der Waals surface area (Å²) in [7, 11) is 0. The number of esters is 1. The second kappa shape index (κ2) is 9.94. The molecule has 6 heteroatoms. The number of pyridine rings is 1. The monoisotopic (exact) mass is 509 g/mol. The molecule has 37 heavy (non-hydrogen) atoms. The minimum Gasteiger partial charge on any atom is -0.458 e. The van der Waals surface area contributed by atoms with Gasteiger partial charge in [0.15, 0.2) is 11.4 Å². The zero-order valence-corrected chi connectivity index (χ0v) is 23.3. The fraction of sp³-hybridized carbons (Fsp3) is 0.581. The number of hydrogen-bond donors (Lipinski definition) is 1. The first-order valence-electron chi connectivity index (χ1n) is 13.7. The molecule has 0 amide bonds. The largest absolute Gasteiger partial charge is 0.458 e. The van der Waals surface area contributed by atoms with E-state index in [0.29, 0.717) is 22.9 Å². The summed E-state index contributed by atoms with van der Waals surface area (Å²) in [4.78, 5) is 31.0. The van der Waals surface area contributed by atoms with Crippen molar-refractivity contribution in [1.29, 1.82) is 0 Å². The molecule has 2 aliphatic carbocycles. The van der Waals surface area contributed by atoms with E-state index in [1.165, 1.54) is 5.56 Å². The van der Waals surface area contributed by atoms with E-state index in [2.05, 4.69) is 6.92 Å². The number of aliphatic hydroxyl groups is 1. The topological polar surface area (TPSA) is 76.5 Å². The summed E-state index contributed by atoms with van der Waals surface area (Å²) >= 11 is 0. The number of cyclic esters (lactones) is 1. The molecule has 2 heterocycles. The van der Waals surface area contributed by atoms with Gasteiger partial charge in [-0.3, -0.25) is 4.79 Å². The molecule has 200 valence electrons. The van der Waals surface area contributed by atoms with Gasteiger partial charge in [0, 0.05) is 28.2 Å². The Morgan fingerprint density at radius 2 is 2.03 bits per heavy atom. The Morgan fingerprint density at radius 3 is 2.65 bits per heavy atom. The highest BCUT2D eigenvalue weighted by atomic mass is 19.1. The van der Waals surface area contributed by atoms with Gasteiger partial charge in [0.25, 0.3) is 0 Å². The van der Waals surface area contributed by atoms with E-state index in [9.17, 15) is 14.7 Å². The van der Waals surface area contributed by atoms with Crippen molar-refractivity contribution in [1.82, 2.24) is 4.98 Å². The Kier molecular flexibility index (Phi) is 7.37. The van der Waals surface area contributed by atoms with Crippen molar-refractivity contribution >= 4 is 29.0 Å². The maximum Gasteiger partial charge on any atom is 0.343 e. The number of rotatable bonds is 7. The van der Waals surface area contributed by atoms with E-state index in [1.807, 2.05) is 27.7 Å². The normalized spacial score (nSPS) is 28.5. The zero-order chi connectivity index (χ0) is 27.3. The quantitative estimate of drug-likeness (QED) is 0.555. The van der Waals surface area contributed by atoms with E-state index < -0.39 is 17.2 Å². The van der Waals surface area contributed by atoms with Crippen molar-refractivity contribution in [3.8, 4) is 0 Å². The van der Waals surface area contributed by atoms with Gasteiger partial charge >= 0.3 is 5.97 Å². The fourth-order valence-corrected chi connectivity index (χ4v) is 6.09. The Bertz CT molecular complexity index is 1340. The molecule has 0 bridgehead atoms. The van der Waals surface area contributed by atoms with E-state index in [-0.39, 0.29) is 30.6 Å². The molecule has 0 spiro atoms. The Balaban J connectivity index is 2.01. The van der Waals surface area contributed by atoms with Crippen LogP contribution in [0.25, 0.3) is 17.2 Å². The van der Waals surface area contributed by atoms with Gasteiger partial charge in [-0.05, 0) is 81.2 Å². The van der Waals surface area contributed by atoms with Crippen LogP contribution < -0.4 is 10.6 Å². The van der Waals surface area contributed by atoms with Gasteiger partial charge in [0.05, 0.1) is 11.0 Å². The molecule has 3 aliphatic rings. The number of nitrogens with zero attached hydrogens (tertiary/aromatic N) is 1. The van der Waals surface area contributed by atoms with E-state index >= 15 is 4.39 Å². The molecule has 0 fully saturated rings. The number of carbonyl (C=O) groups is 2. The molecule has 1 N–H and O–H groups in total. The lowest BCUT2D eigenvalue weighted by molar-refractivity contribution is -0.163. The maximum absolute atomic E-state index is 15.6. The number of ether oxygens (including phenoxy) is 1. The third-order valence-corrected chi connectivity index (χ3v) is 8.84. The van der Waals surface area contributed by atoms with Crippen LogP contribution in [0.15, 0.2) is 17.2 Å². The first-order valence-corrected chi connectivity index (χ1v) is 13.7. The van der Waals surface area contributed by atoms with E-state index in [1.54, 1.807) is 26.0 Å². The van der Waals surface area contributed by atoms with Gasteiger partial charge in [-0.25, -0.2) is 14.2 Å². The fourth-order valence-electron chi connectivity index (χ4n) is 6.09. The number of allylic oxidation sites excluding steroid dienone is 1. The molecule has 1 aromatic heterocycles. The summed E-state index contributed by atoms with van der Waals surface area (Å²) in [5.74, 6) is -1.32. The van der Waals surface area contributed by atoms with Crippen LogP contribution >= 0.6 is 0 Å². The number of alkyl halides is 1. The highest BCUT2D eigenvalue weighted by Gasteiger charge is 2.45. The summed E-state index contributed by atoms with van der Waals surface area (Å²) < 4.78 is 20.9. The van der Waals surface area contributed by atoms with Crippen LogP contribution in [-0.4, -0.2) is 39.7 Å². The van der Waals surface area contributed by atoms with Crippen molar-refractivity contribution in [2.75, 3.05) is 6.61 Å². The summed E-state index contributed by atoms with van der Waals surface area (Å²) in [6, 6.07) is 0. The van der Waals surface area contributed by atoms with Crippen LogP contribution in [0.2, 0.25) is 0 Å². The highest BCUT2D eigenvalue weighted by Crippen LogP contribution is 2.38. The lowest BCUT2D eigenvalue weighted by Crippen LogP contribution is -2.48. The first kappa shape index (κ1) is 27.4. The summed E-state index contributed by atoms with van der Waals surface area (Å²) in [5, 5.41) is 13.2. The Labute approximate surface area is 219 Å². The van der Waals surface area contributed by atoms with Crippen molar-refractivity contribution in [3.05, 3.63) is 44.6 Å². The maximum atomic E-state index is 15.6. The minimum absolute atomic E-state index is 0.0793. The predicted octanol–water partition coefficient (Wildman–Crippen LogP) is 4.30. The predicted molar refractivity (Wildman–Crippen MR) is 144 cm³/mol. The summed E-state index contributed by atoms with van der Waals surface area (Å²) in [6.45, 7) is 12.9. The second-order valence-electron chi connectivity index (χ2n) is 11.1. The highest BCUT2D eigenvalue weighted by molar-refractivity contribution is 6.02. The Morgan fingerprint density at radius 1 is 1.32 bits per heavy atom. The van der Waals surface area contributed by atoms with Gasteiger partial charge in [-0.1, -0.05) is 40.2 Å². The van der Waals surface area contributed by atoms with Crippen LogP contribution in [0, 0.1) is 11.8 Å². The third kappa shape index (κ3) is 4.41. The number of halogens is 1. The molecule has 5 nitrogen and oxygen atoms in total. The lowest BCUT2D eigenvalue weighted by Gasteiger charge is -2.34. The average molecular weight is 510 g/mol. The van der Waals surface area contributed by atoms with Crippen molar-refractivity contribution in [2.24, 2.45) is 11.8 Å². The molecular weight excluding hydrogens is 469 g/mol.